The fourth-order valence-electron chi connectivity index (χ4n) is 0.709. The molecule has 5 heteroatoms. The van der Waals surface area contributed by atoms with Gasteiger partial charge in [0.1, 0.15) is 0 Å². The molecule has 1 heterocycles. The lowest BCUT2D eigenvalue weighted by molar-refractivity contribution is 0.794. The summed E-state index contributed by atoms with van der Waals surface area (Å²) < 4.78 is 1.50. The van der Waals surface area contributed by atoms with Crippen molar-refractivity contribution in [1.82, 2.24) is 9.55 Å². The van der Waals surface area contributed by atoms with Gasteiger partial charge in [-0.1, -0.05) is 11.8 Å². The second kappa shape index (κ2) is 4.52. The summed E-state index contributed by atoms with van der Waals surface area (Å²) >= 11 is 6.87. The van der Waals surface area contributed by atoms with Crippen LogP contribution in [-0.2, 0) is 7.05 Å². The van der Waals surface area contributed by atoms with Gasteiger partial charge >= 0.3 is 0 Å². The van der Waals surface area contributed by atoms with E-state index in [4.69, 9.17) is 11.6 Å². The molecule has 0 radical (unpaired) electrons. The van der Waals surface area contributed by atoms with E-state index in [1.165, 1.54) is 16.3 Å². The quantitative estimate of drug-likeness (QED) is 0.547. The standard InChI is InChI=1S/C7H9ClN2OS/c1-10-4-3-9-6(7(10)11)12-5-2-8/h3-4H,2,5H2,1H3. The molecule has 0 N–H and O–H groups in total. The number of hydrogen-bond donors (Lipinski definition) is 0. The maximum atomic E-state index is 11.3. The Bertz CT molecular complexity index is 313. The summed E-state index contributed by atoms with van der Waals surface area (Å²) in [5.41, 5.74) is -0.0624. The maximum absolute atomic E-state index is 11.3. The second-order valence-corrected chi connectivity index (χ2v) is 3.65. The molecule has 1 rings (SSSR count). The number of aromatic nitrogens is 2. The van der Waals surface area contributed by atoms with Gasteiger partial charge in [-0.15, -0.1) is 11.6 Å². The Morgan fingerprint density at radius 1 is 1.75 bits per heavy atom. The van der Waals surface area contributed by atoms with Crippen molar-refractivity contribution >= 4 is 23.4 Å². The summed E-state index contributed by atoms with van der Waals surface area (Å²) in [6.45, 7) is 0. The van der Waals surface area contributed by atoms with Gasteiger partial charge in [0, 0.05) is 31.1 Å². The van der Waals surface area contributed by atoms with Crippen LogP contribution in [0.5, 0.6) is 0 Å². The van der Waals surface area contributed by atoms with Gasteiger partial charge in [-0.05, 0) is 0 Å². The van der Waals surface area contributed by atoms with Gasteiger partial charge in [-0.2, -0.15) is 0 Å². The minimum absolute atomic E-state index is 0.0624. The van der Waals surface area contributed by atoms with E-state index >= 15 is 0 Å². The van der Waals surface area contributed by atoms with Crippen molar-refractivity contribution < 1.29 is 0 Å². The summed E-state index contributed by atoms with van der Waals surface area (Å²) in [6, 6.07) is 0. The van der Waals surface area contributed by atoms with Crippen molar-refractivity contribution in [1.29, 1.82) is 0 Å². The van der Waals surface area contributed by atoms with Crippen LogP contribution in [-0.4, -0.2) is 21.2 Å². The lowest BCUT2D eigenvalue weighted by Crippen LogP contribution is -2.18. The van der Waals surface area contributed by atoms with E-state index in [9.17, 15) is 4.79 Å². The molecule has 1 aromatic heterocycles. The van der Waals surface area contributed by atoms with E-state index in [0.717, 1.165) is 0 Å². The average molecular weight is 205 g/mol. The highest BCUT2D eigenvalue weighted by atomic mass is 35.5. The summed E-state index contributed by atoms with van der Waals surface area (Å²) in [6.07, 6.45) is 3.24. The molecule has 0 aliphatic carbocycles. The molecule has 0 aromatic carbocycles. The summed E-state index contributed by atoms with van der Waals surface area (Å²) in [7, 11) is 1.70. The molecule has 0 bridgehead atoms. The lowest BCUT2D eigenvalue weighted by Gasteiger charge is -1.99. The van der Waals surface area contributed by atoms with Crippen molar-refractivity contribution in [3.63, 3.8) is 0 Å². The highest BCUT2D eigenvalue weighted by molar-refractivity contribution is 7.99. The van der Waals surface area contributed by atoms with Crippen LogP contribution >= 0.6 is 23.4 Å². The Balaban J connectivity index is 2.85. The third-order valence-electron chi connectivity index (χ3n) is 1.30. The van der Waals surface area contributed by atoms with Crippen LogP contribution < -0.4 is 5.56 Å². The van der Waals surface area contributed by atoms with E-state index < -0.39 is 0 Å². The van der Waals surface area contributed by atoms with Gasteiger partial charge in [0.2, 0.25) is 0 Å². The summed E-state index contributed by atoms with van der Waals surface area (Å²) in [4.78, 5) is 15.3. The molecule has 0 aliphatic rings. The first kappa shape index (κ1) is 9.61. The Morgan fingerprint density at radius 2 is 2.50 bits per heavy atom. The average Bonchev–Trinajstić information content (AvgIpc) is 2.08. The molecule has 0 saturated carbocycles. The Kier molecular flexibility index (Phi) is 3.62. The zero-order valence-corrected chi connectivity index (χ0v) is 8.23. The second-order valence-electron chi connectivity index (χ2n) is 2.19. The molecule has 0 aliphatic heterocycles. The van der Waals surface area contributed by atoms with Crippen molar-refractivity contribution in [2.45, 2.75) is 5.03 Å². The number of alkyl halides is 1. The predicted octanol–water partition coefficient (Wildman–Crippen LogP) is 1.11. The Hall–Kier alpha value is -0.480. The van der Waals surface area contributed by atoms with Crippen LogP contribution in [0.3, 0.4) is 0 Å². The fraction of sp³-hybridized carbons (Fsp3) is 0.429. The molecular weight excluding hydrogens is 196 g/mol. The summed E-state index contributed by atoms with van der Waals surface area (Å²) in [5.74, 6) is 1.25. The molecule has 12 heavy (non-hydrogen) atoms. The zero-order valence-electron chi connectivity index (χ0n) is 6.66. The Morgan fingerprint density at radius 3 is 3.17 bits per heavy atom. The van der Waals surface area contributed by atoms with Crippen LogP contribution in [0.4, 0.5) is 0 Å². The van der Waals surface area contributed by atoms with Gasteiger partial charge < -0.3 is 4.57 Å². The number of hydrogen-bond acceptors (Lipinski definition) is 3. The molecule has 1 aromatic rings. The number of halogens is 1. The molecule has 0 spiro atoms. The Labute approximate surface area is 79.8 Å². The van der Waals surface area contributed by atoms with E-state index in [2.05, 4.69) is 4.98 Å². The molecule has 0 fully saturated rings. The minimum atomic E-state index is -0.0624. The van der Waals surface area contributed by atoms with Crippen LogP contribution in [0.15, 0.2) is 22.2 Å². The monoisotopic (exact) mass is 204 g/mol. The SMILES string of the molecule is Cn1ccnc(SCCCl)c1=O. The molecule has 0 saturated heterocycles. The minimum Gasteiger partial charge on any atom is -0.315 e. The van der Waals surface area contributed by atoms with E-state index in [1.807, 2.05) is 0 Å². The van der Waals surface area contributed by atoms with E-state index in [0.29, 0.717) is 16.7 Å². The van der Waals surface area contributed by atoms with Crippen molar-refractivity contribution in [2.75, 3.05) is 11.6 Å². The van der Waals surface area contributed by atoms with Crippen molar-refractivity contribution in [3.05, 3.63) is 22.7 Å². The first-order valence-electron chi connectivity index (χ1n) is 3.46. The van der Waals surface area contributed by atoms with Crippen LogP contribution in [0.1, 0.15) is 0 Å². The highest BCUT2D eigenvalue weighted by Crippen LogP contribution is 2.08. The third-order valence-corrected chi connectivity index (χ3v) is 2.68. The van der Waals surface area contributed by atoms with Crippen LogP contribution in [0.25, 0.3) is 0 Å². The normalized spacial score (nSPS) is 10.2. The van der Waals surface area contributed by atoms with E-state index in [-0.39, 0.29) is 5.56 Å². The fourth-order valence-corrected chi connectivity index (χ4v) is 1.61. The molecule has 0 atom stereocenters. The van der Waals surface area contributed by atoms with Gasteiger partial charge in [0.05, 0.1) is 0 Å². The largest absolute Gasteiger partial charge is 0.315 e. The van der Waals surface area contributed by atoms with Crippen molar-refractivity contribution in [3.8, 4) is 0 Å². The molecule has 0 unspecified atom stereocenters. The number of rotatable bonds is 3. The summed E-state index contributed by atoms with van der Waals surface area (Å²) in [5, 5.41) is 0.514. The number of thioether (sulfide) groups is 1. The van der Waals surface area contributed by atoms with Gasteiger partial charge in [-0.3, -0.25) is 4.79 Å². The van der Waals surface area contributed by atoms with Gasteiger partial charge in [0.15, 0.2) is 5.03 Å². The van der Waals surface area contributed by atoms with Gasteiger partial charge in [0.25, 0.3) is 5.56 Å². The lowest BCUT2D eigenvalue weighted by atomic mass is 10.7. The van der Waals surface area contributed by atoms with Crippen LogP contribution in [0, 0.1) is 0 Å². The highest BCUT2D eigenvalue weighted by Gasteiger charge is 2.01. The number of nitrogens with zero attached hydrogens (tertiary/aromatic N) is 2. The van der Waals surface area contributed by atoms with Gasteiger partial charge in [-0.25, -0.2) is 4.98 Å². The first-order valence-corrected chi connectivity index (χ1v) is 4.98. The van der Waals surface area contributed by atoms with E-state index in [1.54, 1.807) is 19.4 Å². The smallest absolute Gasteiger partial charge is 0.282 e. The molecule has 0 amide bonds. The predicted molar refractivity (Wildman–Crippen MR) is 50.9 cm³/mol. The molecule has 3 nitrogen and oxygen atoms in total. The maximum Gasteiger partial charge on any atom is 0.282 e. The zero-order chi connectivity index (χ0) is 8.97. The third kappa shape index (κ3) is 2.25. The number of aryl methyl sites for hydroxylation is 1. The van der Waals surface area contributed by atoms with Crippen LogP contribution in [0.2, 0.25) is 0 Å². The molecular formula is C7H9ClN2OS. The molecule has 66 valence electrons. The first-order chi connectivity index (χ1) is 5.75. The topological polar surface area (TPSA) is 34.9 Å². The van der Waals surface area contributed by atoms with Crippen molar-refractivity contribution in [2.24, 2.45) is 7.05 Å².